The number of benzene rings is 2. The molecule has 27 heavy (non-hydrogen) atoms. The highest BCUT2D eigenvalue weighted by Gasteiger charge is 2.38. The van der Waals surface area contributed by atoms with E-state index in [0.717, 1.165) is 10.5 Å². The van der Waals surface area contributed by atoms with Crippen LogP contribution in [0.2, 0.25) is 0 Å². The van der Waals surface area contributed by atoms with Crippen molar-refractivity contribution in [2.24, 2.45) is 0 Å². The number of rotatable bonds is 5. The van der Waals surface area contributed by atoms with Gasteiger partial charge in [0, 0.05) is 10.2 Å². The molecule has 0 spiro atoms. The second-order valence-corrected chi connectivity index (χ2v) is 13.2. The Balaban J connectivity index is 1.92. The van der Waals surface area contributed by atoms with Crippen LogP contribution >= 0.6 is 15.9 Å². The van der Waals surface area contributed by atoms with Gasteiger partial charge in [-0.05, 0) is 48.9 Å². The molecule has 2 aromatic rings. The highest BCUT2D eigenvalue weighted by atomic mass is 79.9. The normalized spacial score (nSPS) is 19.7. The van der Waals surface area contributed by atoms with Crippen molar-refractivity contribution in [2.45, 2.75) is 21.5 Å². The number of hydrogen-bond donors (Lipinski definition) is 1. The Morgan fingerprint density at radius 3 is 2.19 bits per heavy atom. The van der Waals surface area contributed by atoms with Gasteiger partial charge in [-0.2, -0.15) is 0 Å². The number of hydrogen-bond acceptors (Lipinski definition) is 6. The Bertz CT molecular complexity index is 1170. The van der Waals surface area contributed by atoms with Crippen LogP contribution in [0.15, 0.2) is 62.8 Å². The fourth-order valence-electron chi connectivity index (χ4n) is 2.75. The molecule has 3 rings (SSSR count). The summed E-state index contributed by atoms with van der Waals surface area (Å²) in [6, 6.07) is 11.4. The van der Waals surface area contributed by atoms with Crippen LogP contribution in [0.25, 0.3) is 0 Å². The van der Waals surface area contributed by atoms with Gasteiger partial charge in [-0.15, -0.1) is 0 Å². The van der Waals surface area contributed by atoms with Crippen LogP contribution in [0, 0.1) is 0 Å². The lowest BCUT2D eigenvalue weighted by molar-refractivity contribution is 0.582. The van der Waals surface area contributed by atoms with Crippen LogP contribution < -0.4 is 4.72 Å². The molecule has 1 atom stereocenters. The van der Waals surface area contributed by atoms with E-state index in [-0.39, 0.29) is 22.0 Å². The van der Waals surface area contributed by atoms with Gasteiger partial charge < -0.3 is 0 Å². The van der Waals surface area contributed by atoms with Crippen LogP contribution in [0.3, 0.4) is 0 Å². The summed E-state index contributed by atoms with van der Waals surface area (Å²) in [5.74, 6) is -0.622. The molecule has 1 heterocycles. The van der Waals surface area contributed by atoms with E-state index in [1.807, 2.05) is 0 Å². The number of sulfonamides is 1. The fraction of sp³-hybridized carbons (Fsp3) is 0.250. The predicted octanol–water partition coefficient (Wildman–Crippen LogP) is 2.21. The molecule has 1 fully saturated rings. The molecule has 1 saturated heterocycles. The summed E-state index contributed by atoms with van der Waals surface area (Å²) in [5.41, 5.74) is 0.327. The quantitative estimate of drug-likeness (QED) is 0.682. The number of nitrogens with one attached hydrogen (secondary N) is 1. The summed E-state index contributed by atoms with van der Waals surface area (Å²) in [6.45, 7) is 0. The molecule has 7 nitrogen and oxygen atoms in total. The third-order valence-corrected chi connectivity index (χ3v) is 10.2. The first-order valence-electron chi connectivity index (χ1n) is 7.82. The molecule has 1 N–H and O–H groups in total. The van der Waals surface area contributed by atoms with E-state index in [2.05, 4.69) is 20.7 Å². The van der Waals surface area contributed by atoms with Gasteiger partial charge in [-0.1, -0.05) is 22.0 Å². The lowest BCUT2D eigenvalue weighted by Crippen LogP contribution is -2.23. The van der Waals surface area contributed by atoms with Crippen molar-refractivity contribution < 1.29 is 25.3 Å². The monoisotopic (exact) mass is 493 g/mol. The summed E-state index contributed by atoms with van der Waals surface area (Å²) >= 11 is 3.25. The van der Waals surface area contributed by atoms with Gasteiger partial charge in [0.2, 0.25) is 0 Å². The molecule has 0 aromatic heterocycles. The zero-order valence-electron chi connectivity index (χ0n) is 13.9. The van der Waals surface area contributed by atoms with E-state index in [4.69, 9.17) is 0 Å². The molecule has 0 bridgehead atoms. The van der Waals surface area contributed by atoms with Crippen molar-refractivity contribution >= 4 is 51.3 Å². The number of anilines is 1. The van der Waals surface area contributed by atoms with Gasteiger partial charge in [0.15, 0.2) is 19.7 Å². The van der Waals surface area contributed by atoms with Crippen molar-refractivity contribution in [1.29, 1.82) is 0 Å². The summed E-state index contributed by atoms with van der Waals surface area (Å²) in [7, 11) is -11.3. The zero-order valence-corrected chi connectivity index (χ0v) is 17.9. The Morgan fingerprint density at radius 1 is 0.963 bits per heavy atom. The molecule has 1 aliphatic rings. The van der Waals surface area contributed by atoms with Crippen molar-refractivity contribution in [3.63, 3.8) is 0 Å². The van der Waals surface area contributed by atoms with Crippen molar-refractivity contribution in [1.82, 2.24) is 0 Å². The Hall–Kier alpha value is -1.43. The average Bonchev–Trinajstić information content (AvgIpc) is 2.98. The van der Waals surface area contributed by atoms with Crippen molar-refractivity contribution in [2.75, 3.05) is 16.2 Å². The fourth-order valence-corrected chi connectivity index (χ4v) is 8.60. The highest BCUT2D eigenvalue weighted by Crippen LogP contribution is 2.27. The van der Waals surface area contributed by atoms with Gasteiger partial charge in [0.1, 0.15) is 0 Å². The van der Waals surface area contributed by atoms with Gasteiger partial charge >= 0.3 is 0 Å². The lowest BCUT2D eigenvalue weighted by Gasteiger charge is -2.12. The van der Waals surface area contributed by atoms with Crippen molar-refractivity contribution in [3.05, 3.63) is 53.0 Å². The molecule has 146 valence electrons. The second kappa shape index (κ2) is 7.19. The summed E-state index contributed by atoms with van der Waals surface area (Å²) in [5, 5.41) is -1.06. The second-order valence-electron chi connectivity index (χ2n) is 6.16. The molecule has 0 unspecified atom stereocenters. The molecule has 2 aromatic carbocycles. The first-order valence-corrected chi connectivity index (χ1v) is 13.5. The molecular formula is C16H16BrNO6S3. The van der Waals surface area contributed by atoms with Crippen molar-refractivity contribution in [3.8, 4) is 0 Å². The first kappa shape index (κ1) is 20.3. The maximum Gasteiger partial charge on any atom is 0.261 e. The number of halogens is 1. The molecule has 0 radical (unpaired) electrons. The molecule has 0 saturated carbocycles. The van der Waals surface area contributed by atoms with E-state index in [1.165, 1.54) is 18.2 Å². The third kappa shape index (κ3) is 4.53. The third-order valence-electron chi connectivity index (χ3n) is 4.17. The minimum Gasteiger partial charge on any atom is -0.280 e. The average molecular weight is 494 g/mol. The van der Waals surface area contributed by atoms with E-state index >= 15 is 0 Å². The molecular weight excluding hydrogens is 478 g/mol. The Morgan fingerprint density at radius 2 is 1.59 bits per heavy atom. The Kier molecular flexibility index (Phi) is 5.41. The molecule has 0 aliphatic carbocycles. The molecule has 0 amide bonds. The van der Waals surface area contributed by atoms with Gasteiger partial charge in [0.25, 0.3) is 10.0 Å². The first-order chi connectivity index (χ1) is 12.5. The number of sulfone groups is 2. The van der Waals surface area contributed by atoms with E-state index in [0.29, 0.717) is 5.69 Å². The molecule has 1 aliphatic heterocycles. The zero-order chi connectivity index (χ0) is 19.9. The standard InChI is InChI=1S/C16H16BrNO6S3/c17-12-4-6-13(7-5-12)18-27(23,24)15-3-1-2-14(10-15)26(21,22)16-8-9-25(19,20)11-16/h1-7,10,16,18H,8-9,11H2/t16-/m0/s1. The topological polar surface area (TPSA) is 114 Å². The summed E-state index contributed by atoms with van der Waals surface area (Å²) in [4.78, 5) is -0.421. The lowest BCUT2D eigenvalue weighted by atomic mass is 10.3. The van der Waals surface area contributed by atoms with Crippen LogP contribution in [0.4, 0.5) is 5.69 Å². The minimum atomic E-state index is -4.00. The van der Waals surface area contributed by atoms with Gasteiger partial charge in [-0.3, -0.25) is 4.72 Å². The maximum atomic E-state index is 12.7. The summed E-state index contributed by atoms with van der Waals surface area (Å²) < 4.78 is 76.9. The van der Waals surface area contributed by atoms with E-state index in [9.17, 15) is 25.3 Å². The SMILES string of the molecule is O=S1(=O)CC[C@H](S(=O)(=O)c2cccc(S(=O)(=O)Nc3ccc(Br)cc3)c2)C1. The smallest absolute Gasteiger partial charge is 0.261 e. The van der Waals surface area contributed by atoms with Crippen LogP contribution in [-0.4, -0.2) is 42.0 Å². The Labute approximate surface area is 166 Å². The van der Waals surface area contributed by atoms with E-state index in [1.54, 1.807) is 24.3 Å². The largest absolute Gasteiger partial charge is 0.280 e. The molecule has 11 heteroatoms. The van der Waals surface area contributed by atoms with Gasteiger partial charge in [-0.25, -0.2) is 25.3 Å². The van der Waals surface area contributed by atoms with Crippen LogP contribution in [0.5, 0.6) is 0 Å². The highest BCUT2D eigenvalue weighted by molar-refractivity contribution is 9.10. The van der Waals surface area contributed by atoms with E-state index < -0.39 is 40.7 Å². The summed E-state index contributed by atoms with van der Waals surface area (Å²) in [6.07, 6.45) is 0.0127. The van der Waals surface area contributed by atoms with Crippen LogP contribution in [-0.2, 0) is 29.7 Å². The maximum absolute atomic E-state index is 12.7. The minimum absolute atomic E-state index is 0.0127. The predicted molar refractivity (Wildman–Crippen MR) is 106 cm³/mol. The van der Waals surface area contributed by atoms with Gasteiger partial charge in [0.05, 0.1) is 26.5 Å². The van der Waals surface area contributed by atoms with Crippen LogP contribution in [0.1, 0.15) is 6.42 Å².